The van der Waals surface area contributed by atoms with Crippen molar-refractivity contribution in [2.24, 2.45) is 0 Å². The first kappa shape index (κ1) is 21.1. The smallest absolute Gasteiger partial charge is 0.196 e. The molecule has 0 aliphatic heterocycles. The van der Waals surface area contributed by atoms with Gasteiger partial charge in [-0.1, -0.05) is 52.6 Å². The van der Waals surface area contributed by atoms with E-state index in [4.69, 9.17) is 39.5 Å². The quantitative estimate of drug-likeness (QED) is 0.276. The molecule has 0 amide bonds. The number of hydrogen-bond acceptors (Lipinski definition) is 4. The van der Waals surface area contributed by atoms with Crippen LogP contribution >= 0.6 is 46.6 Å². The number of rotatable bonds is 6. The highest BCUT2D eigenvalue weighted by molar-refractivity contribution is 7.98. The van der Waals surface area contributed by atoms with Crippen LogP contribution in [0.4, 0.5) is 0 Å². The molecule has 0 aliphatic rings. The Morgan fingerprint density at radius 1 is 0.867 bits per heavy atom. The van der Waals surface area contributed by atoms with Gasteiger partial charge in [0.05, 0.1) is 7.11 Å². The zero-order chi connectivity index (χ0) is 21.1. The molecule has 0 bridgehead atoms. The normalized spacial score (nSPS) is 10.9. The Hall–Kier alpha value is -2.18. The molecule has 152 valence electrons. The first-order chi connectivity index (χ1) is 14.5. The van der Waals surface area contributed by atoms with Crippen LogP contribution in [0.3, 0.4) is 0 Å². The van der Waals surface area contributed by atoms with Crippen molar-refractivity contribution in [3.63, 3.8) is 0 Å². The standard InChI is InChI=1S/C22H16Cl3N3OS/c1-29-19-10-8-18(9-11-19)28-21(14-2-5-16(23)6-3-14)26-27-22(28)30-13-15-4-7-17(24)12-20(15)25/h2-12H,13H2,1H3. The summed E-state index contributed by atoms with van der Waals surface area (Å²) in [6.07, 6.45) is 0. The van der Waals surface area contributed by atoms with Crippen molar-refractivity contribution in [2.75, 3.05) is 7.11 Å². The van der Waals surface area contributed by atoms with Crippen molar-refractivity contribution in [1.82, 2.24) is 14.8 Å². The van der Waals surface area contributed by atoms with E-state index >= 15 is 0 Å². The minimum absolute atomic E-state index is 0.611. The molecule has 1 aromatic heterocycles. The van der Waals surface area contributed by atoms with Gasteiger partial charge in [-0.05, 0) is 66.2 Å². The van der Waals surface area contributed by atoms with E-state index < -0.39 is 0 Å². The summed E-state index contributed by atoms with van der Waals surface area (Å²) < 4.78 is 7.30. The lowest BCUT2D eigenvalue weighted by Gasteiger charge is -2.11. The van der Waals surface area contributed by atoms with Crippen LogP contribution in [0.1, 0.15) is 5.56 Å². The second-order valence-corrected chi connectivity index (χ2v) is 8.59. The van der Waals surface area contributed by atoms with Crippen LogP contribution in [0.2, 0.25) is 15.1 Å². The van der Waals surface area contributed by atoms with Crippen molar-refractivity contribution in [1.29, 1.82) is 0 Å². The van der Waals surface area contributed by atoms with Crippen molar-refractivity contribution in [3.8, 4) is 22.8 Å². The van der Waals surface area contributed by atoms with Crippen LogP contribution in [-0.4, -0.2) is 21.9 Å². The highest BCUT2D eigenvalue weighted by Crippen LogP contribution is 2.32. The lowest BCUT2D eigenvalue weighted by Crippen LogP contribution is -2.00. The van der Waals surface area contributed by atoms with Crippen molar-refractivity contribution in [2.45, 2.75) is 10.9 Å². The van der Waals surface area contributed by atoms with Crippen LogP contribution in [0.25, 0.3) is 17.1 Å². The van der Waals surface area contributed by atoms with E-state index in [1.165, 1.54) is 0 Å². The molecule has 4 rings (SSSR count). The average Bonchev–Trinajstić information content (AvgIpc) is 3.17. The zero-order valence-electron chi connectivity index (χ0n) is 15.8. The summed E-state index contributed by atoms with van der Waals surface area (Å²) in [4.78, 5) is 0. The first-order valence-corrected chi connectivity index (χ1v) is 11.1. The Kier molecular flexibility index (Phi) is 6.54. The molecule has 0 saturated heterocycles. The summed E-state index contributed by atoms with van der Waals surface area (Å²) in [6.45, 7) is 0. The number of aromatic nitrogens is 3. The molecule has 0 radical (unpaired) electrons. The fourth-order valence-electron chi connectivity index (χ4n) is 2.89. The number of methoxy groups -OCH3 is 1. The van der Waals surface area contributed by atoms with Crippen molar-refractivity contribution in [3.05, 3.63) is 87.4 Å². The Morgan fingerprint density at radius 2 is 1.57 bits per heavy atom. The monoisotopic (exact) mass is 475 g/mol. The van der Waals surface area contributed by atoms with E-state index in [0.29, 0.717) is 20.8 Å². The average molecular weight is 477 g/mol. The van der Waals surface area contributed by atoms with Gasteiger partial charge in [0.25, 0.3) is 0 Å². The van der Waals surface area contributed by atoms with Crippen molar-refractivity contribution < 1.29 is 4.74 Å². The molecule has 0 unspecified atom stereocenters. The molecule has 0 spiro atoms. The first-order valence-electron chi connectivity index (χ1n) is 8.97. The van der Waals surface area contributed by atoms with Crippen LogP contribution in [0.15, 0.2) is 71.9 Å². The van der Waals surface area contributed by atoms with Crippen LogP contribution in [0.5, 0.6) is 5.75 Å². The number of ether oxygens (including phenoxy) is 1. The highest BCUT2D eigenvalue weighted by atomic mass is 35.5. The molecule has 4 nitrogen and oxygen atoms in total. The summed E-state index contributed by atoms with van der Waals surface area (Å²) in [5, 5.41) is 11.5. The number of hydrogen-bond donors (Lipinski definition) is 0. The second-order valence-electron chi connectivity index (χ2n) is 6.37. The van der Waals surface area contributed by atoms with Gasteiger partial charge in [0.1, 0.15) is 5.75 Å². The maximum Gasteiger partial charge on any atom is 0.196 e. The van der Waals surface area contributed by atoms with Gasteiger partial charge in [-0.2, -0.15) is 0 Å². The molecule has 4 aromatic rings. The lowest BCUT2D eigenvalue weighted by atomic mass is 10.2. The lowest BCUT2D eigenvalue weighted by molar-refractivity contribution is 0.414. The van der Waals surface area contributed by atoms with Gasteiger partial charge in [0.15, 0.2) is 11.0 Å². The molecular formula is C22H16Cl3N3OS. The largest absolute Gasteiger partial charge is 0.497 e. The Balaban J connectivity index is 1.73. The van der Waals surface area contributed by atoms with E-state index in [1.807, 2.05) is 65.2 Å². The SMILES string of the molecule is COc1ccc(-n2c(SCc3ccc(Cl)cc3Cl)nnc2-c2ccc(Cl)cc2)cc1. The summed E-state index contributed by atoms with van der Waals surface area (Å²) >= 11 is 19.9. The minimum atomic E-state index is 0.611. The third kappa shape index (κ3) is 4.60. The van der Waals surface area contributed by atoms with Gasteiger partial charge in [0.2, 0.25) is 0 Å². The Labute approximate surface area is 193 Å². The minimum Gasteiger partial charge on any atom is -0.497 e. The molecule has 1 heterocycles. The summed E-state index contributed by atoms with van der Waals surface area (Å²) in [5.41, 5.74) is 2.82. The second kappa shape index (κ2) is 9.31. The fraction of sp³-hybridized carbons (Fsp3) is 0.0909. The van der Waals surface area contributed by atoms with E-state index in [0.717, 1.165) is 33.5 Å². The number of benzene rings is 3. The molecular weight excluding hydrogens is 461 g/mol. The highest BCUT2D eigenvalue weighted by Gasteiger charge is 2.17. The van der Waals surface area contributed by atoms with Gasteiger partial charge >= 0.3 is 0 Å². The number of halogens is 3. The Morgan fingerprint density at radius 3 is 2.23 bits per heavy atom. The maximum atomic E-state index is 6.33. The number of nitrogens with zero attached hydrogens (tertiary/aromatic N) is 3. The topological polar surface area (TPSA) is 39.9 Å². The molecule has 0 saturated carbocycles. The van der Waals surface area contributed by atoms with Crippen LogP contribution < -0.4 is 4.74 Å². The molecule has 0 atom stereocenters. The van der Waals surface area contributed by atoms with Gasteiger partial charge in [0, 0.05) is 32.1 Å². The van der Waals surface area contributed by atoms with E-state index in [2.05, 4.69) is 10.2 Å². The van der Waals surface area contributed by atoms with E-state index in [-0.39, 0.29) is 0 Å². The molecule has 0 N–H and O–H groups in total. The molecule has 30 heavy (non-hydrogen) atoms. The van der Waals surface area contributed by atoms with E-state index in [1.54, 1.807) is 24.9 Å². The maximum absolute atomic E-state index is 6.33. The van der Waals surface area contributed by atoms with Gasteiger partial charge < -0.3 is 4.74 Å². The predicted octanol–water partition coefficient (Wildman–Crippen LogP) is 7.20. The molecule has 3 aromatic carbocycles. The third-order valence-corrected chi connectivity index (χ3v) is 6.25. The molecule has 0 aliphatic carbocycles. The number of thioether (sulfide) groups is 1. The van der Waals surface area contributed by atoms with Gasteiger partial charge in [-0.25, -0.2) is 0 Å². The predicted molar refractivity (Wildman–Crippen MR) is 124 cm³/mol. The van der Waals surface area contributed by atoms with E-state index in [9.17, 15) is 0 Å². The fourth-order valence-corrected chi connectivity index (χ4v) is 4.53. The van der Waals surface area contributed by atoms with Crippen molar-refractivity contribution >= 4 is 46.6 Å². The summed E-state index contributed by atoms with van der Waals surface area (Å²) in [7, 11) is 1.64. The Bertz CT molecular complexity index is 1160. The van der Waals surface area contributed by atoms with Crippen LogP contribution in [0, 0.1) is 0 Å². The molecule has 0 fully saturated rings. The van der Waals surface area contributed by atoms with Crippen LogP contribution in [-0.2, 0) is 5.75 Å². The van der Waals surface area contributed by atoms with Gasteiger partial charge in [-0.15, -0.1) is 10.2 Å². The molecule has 8 heteroatoms. The third-order valence-electron chi connectivity index (χ3n) is 4.44. The zero-order valence-corrected chi connectivity index (χ0v) is 18.9. The summed E-state index contributed by atoms with van der Waals surface area (Å²) in [6, 6.07) is 20.8. The van der Waals surface area contributed by atoms with Gasteiger partial charge in [-0.3, -0.25) is 4.57 Å². The summed E-state index contributed by atoms with van der Waals surface area (Å²) in [5.74, 6) is 2.13.